The number of aliphatic carboxylic acids is 1. The van der Waals surface area contributed by atoms with Crippen molar-refractivity contribution in [1.82, 2.24) is 10.6 Å². The zero-order valence-electron chi connectivity index (χ0n) is 29.1. The largest absolute Gasteiger partial charge is 0.480 e. The molecule has 0 aromatic heterocycles. The lowest BCUT2D eigenvalue weighted by molar-refractivity contribution is -0.141. The Morgan fingerprint density at radius 1 is 0.702 bits per heavy atom. The number of rotatable bonds is 29. The third-order valence-electron chi connectivity index (χ3n) is 9.39. The Balaban J connectivity index is 1.11. The molecule has 0 heterocycles. The highest BCUT2D eigenvalue weighted by Crippen LogP contribution is 2.44. The first-order valence-corrected chi connectivity index (χ1v) is 18.7. The second-order valence-electron chi connectivity index (χ2n) is 13.2. The van der Waals surface area contributed by atoms with Gasteiger partial charge in [0.05, 0.1) is 6.61 Å². The Morgan fingerprint density at radius 3 is 1.79 bits per heavy atom. The second-order valence-corrected chi connectivity index (χ2v) is 13.2. The number of carbonyl (C=O) groups excluding carboxylic acids is 1. The van der Waals surface area contributed by atoms with Crippen molar-refractivity contribution in [3.8, 4) is 11.1 Å². The maximum Gasteiger partial charge on any atom is 0.320 e. The van der Waals surface area contributed by atoms with Gasteiger partial charge in [-0.3, -0.25) is 14.9 Å². The average Bonchev–Trinajstić information content (AvgIpc) is 3.40. The van der Waals surface area contributed by atoms with Crippen LogP contribution in [0.5, 0.6) is 0 Å². The van der Waals surface area contributed by atoms with E-state index in [1.54, 1.807) is 0 Å². The standard InChI is InChI=1S/C40H62N2O5/c1-2-3-4-5-6-7-8-9-10-11-12-13-14-15-16-28-39(43)41-29-22-21-27-38(40(44)45)42-31-47-32-46-30-37-35-25-19-17-23-33(35)34-24-18-20-26-36(34)37/h17-20,23-26,37-38,42H,2-16,21-22,27-32H2,1H3,(H,41,43)(H,44,45)/t38-/m0/s1. The molecule has 0 saturated carbocycles. The molecule has 0 spiro atoms. The normalized spacial score (nSPS) is 13.0. The molecule has 1 atom stereocenters. The van der Waals surface area contributed by atoms with Gasteiger partial charge < -0.3 is 19.9 Å². The third kappa shape index (κ3) is 15.4. The summed E-state index contributed by atoms with van der Waals surface area (Å²) in [6.45, 7) is 3.55. The van der Waals surface area contributed by atoms with E-state index in [-0.39, 0.29) is 25.3 Å². The van der Waals surface area contributed by atoms with Crippen molar-refractivity contribution < 1.29 is 24.2 Å². The van der Waals surface area contributed by atoms with Crippen molar-refractivity contribution >= 4 is 11.9 Å². The molecule has 3 N–H and O–H groups in total. The summed E-state index contributed by atoms with van der Waals surface area (Å²) in [5.74, 6) is -0.633. The van der Waals surface area contributed by atoms with Gasteiger partial charge in [-0.1, -0.05) is 145 Å². The van der Waals surface area contributed by atoms with Gasteiger partial charge in [-0.2, -0.15) is 0 Å². The van der Waals surface area contributed by atoms with Gasteiger partial charge >= 0.3 is 5.97 Å². The number of hydrogen-bond donors (Lipinski definition) is 3. The van der Waals surface area contributed by atoms with E-state index >= 15 is 0 Å². The van der Waals surface area contributed by atoms with Crippen LogP contribution in [0.2, 0.25) is 0 Å². The number of benzene rings is 2. The summed E-state index contributed by atoms with van der Waals surface area (Å²) < 4.78 is 11.4. The van der Waals surface area contributed by atoms with Gasteiger partial charge in [0.25, 0.3) is 0 Å². The fraction of sp³-hybridized carbons (Fsp3) is 0.650. The van der Waals surface area contributed by atoms with Gasteiger partial charge in [0, 0.05) is 18.9 Å². The first kappa shape index (κ1) is 38.7. The SMILES string of the molecule is CCCCCCCCCCCCCCCCCC(=O)NCCCC[C@H](NCOCOCC1c2ccccc2-c2ccccc21)C(=O)O. The fourth-order valence-electron chi connectivity index (χ4n) is 6.62. The van der Waals surface area contributed by atoms with Crippen molar-refractivity contribution in [2.75, 3.05) is 26.7 Å². The van der Waals surface area contributed by atoms with Gasteiger partial charge in [-0.15, -0.1) is 0 Å². The molecule has 1 aliphatic rings. The number of nitrogens with one attached hydrogen (secondary N) is 2. The fourth-order valence-corrected chi connectivity index (χ4v) is 6.62. The number of hydrogen-bond acceptors (Lipinski definition) is 5. The van der Waals surface area contributed by atoms with Crippen molar-refractivity contribution in [2.24, 2.45) is 0 Å². The highest BCUT2D eigenvalue weighted by molar-refractivity contribution is 5.78. The lowest BCUT2D eigenvalue weighted by atomic mass is 9.98. The van der Waals surface area contributed by atoms with E-state index in [0.717, 1.165) is 19.3 Å². The molecule has 7 heteroatoms. The van der Waals surface area contributed by atoms with E-state index in [0.29, 0.717) is 32.4 Å². The number of carboxylic acids is 1. The van der Waals surface area contributed by atoms with E-state index in [4.69, 9.17) is 9.47 Å². The van der Waals surface area contributed by atoms with E-state index in [2.05, 4.69) is 66.1 Å². The van der Waals surface area contributed by atoms with Crippen LogP contribution in [0.1, 0.15) is 146 Å². The number of ether oxygens (including phenoxy) is 2. The molecular weight excluding hydrogens is 588 g/mol. The number of carboxylic acid groups (broad SMARTS) is 1. The van der Waals surface area contributed by atoms with Gasteiger partial charge in [0.15, 0.2) is 0 Å². The van der Waals surface area contributed by atoms with Gasteiger partial charge in [0.2, 0.25) is 5.91 Å². The molecule has 2 aromatic carbocycles. The van der Waals surface area contributed by atoms with Crippen molar-refractivity contribution in [3.05, 3.63) is 59.7 Å². The molecule has 0 unspecified atom stereocenters. The Bertz CT molecular complexity index is 1090. The van der Waals surface area contributed by atoms with Crippen molar-refractivity contribution in [2.45, 2.75) is 141 Å². The molecule has 0 aliphatic heterocycles. The van der Waals surface area contributed by atoms with Crippen molar-refractivity contribution in [1.29, 1.82) is 0 Å². The molecule has 1 aliphatic carbocycles. The molecule has 2 aromatic rings. The molecule has 262 valence electrons. The molecule has 0 fully saturated rings. The average molecular weight is 651 g/mol. The van der Waals surface area contributed by atoms with Gasteiger partial charge in [-0.25, -0.2) is 0 Å². The summed E-state index contributed by atoms with van der Waals surface area (Å²) in [6.07, 6.45) is 22.3. The predicted octanol–water partition coefficient (Wildman–Crippen LogP) is 9.34. The molecular formula is C40H62N2O5. The molecule has 0 bridgehead atoms. The van der Waals surface area contributed by atoms with Gasteiger partial charge in [-0.05, 0) is 47.9 Å². The van der Waals surface area contributed by atoms with Crippen LogP contribution in [-0.2, 0) is 19.1 Å². The first-order chi connectivity index (χ1) is 23.1. The van der Waals surface area contributed by atoms with Crippen LogP contribution in [-0.4, -0.2) is 49.7 Å². The maximum absolute atomic E-state index is 12.2. The highest BCUT2D eigenvalue weighted by atomic mass is 16.7. The summed E-state index contributed by atoms with van der Waals surface area (Å²) >= 11 is 0. The molecule has 7 nitrogen and oxygen atoms in total. The molecule has 47 heavy (non-hydrogen) atoms. The zero-order chi connectivity index (χ0) is 33.4. The summed E-state index contributed by atoms with van der Waals surface area (Å²) in [5.41, 5.74) is 5.03. The number of unbranched alkanes of at least 4 members (excludes halogenated alkanes) is 15. The Hall–Kier alpha value is -2.74. The minimum absolute atomic E-state index is 0.0889. The third-order valence-corrected chi connectivity index (χ3v) is 9.39. The molecule has 1 amide bonds. The van der Waals surface area contributed by atoms with E-state index in [1.165, 1.54) is 106 Å². The van der Waals surface area contributed by atoms with E-state index in [1.807, 2.05) is 0 Å². The quantitative estimate of drug-likeness (QED) is 0.0600. The molecule has 0 saturated heterocycles. The van der Waals surface area contributed by atoms with Crippen LogP contribution in [0.25, 0.3) is 11.1 Å². The Labute approximate surface area is 284 Å². The monoisotopic (exact) mass is 650 g/mol. The Morgan fingerprint density at radius 2 is 1.23 bits per heavy atom. The zero-order valence-corrected chi connectivity index (χ0v) is 29.1. The van der Waals surface area contributed by atoms with E-state index < -0.39 is 12.0 Å². The van der Waals surface area contributed by atoms with Crippen LogP contribution >= 0.6 is 0 Å². The predicted molar refractivity (Wildman–Crippen MR) is 191 cm³/mol. The minimum Gasteiger partial charge on any atom is -0.480 e. The maximum atomic E-state index is 12.2. The molecule has 3 rings (SSSR count). The summed E-state index contributed by atoms with van der Waals surface area (Å²) in [7, 11) is 0. The molecule has 0 radical (unpaired) electrons. The van der Waals surface area contributed by atoms with Crippen LogP contribution in [0, 0.1) is 0 Å². The first-order valence-electron chi connectivity index (χ1n) is 18.7. The second kappa shape index (κ2) is 24.4. The summed E-state index contributed by atoms with van der Waals surface area (Å²) in [5, 5.41) is 15.5. The smallest absolute Gasteiger partial charge is 0.320 e. The topological polar surface area (TPSA) is 96.9 Å². The van der Waals surface area contributed by atoms with Crippen LogP contribution in [0.15, 0.2) is 48.5 Å². The lowest BCUT2D eigenvalue weighted by Crippen LogP contribution is -2.38. The highest BCUT2D eigenvalue weighted by Gasteiger charge is 2.28. The Kier molecular flexibility index (Phi) is 20.1. The summed E-state index contributed by atoms with van der Waals surface area (Å²) in [4.78, 5) is 23.9. The van der Waals surface area contributed by atoms with Gasteiger partial charge in [0.1, 0.15) is 19.6 Å². The lowest BCUT2D eigenvalue weighted by Gasteiger charge is -2.16. The van der Waals surface area contributed by atoms with Crippen LogP contribution in [0.4, 0.5) is 0 Å². The van der Waals surface area contributed by atoms with E-state index in [9.17, 15) is 14.7 Å². The number of amides is 1. The number of carbonyl (C=O) groups is 2. The minimum atomic E-state index is -0.897. The summed E-state index contributed by atoms with van der Waals surface area (Å²) in [6, 6.07) is 16.1. The number of fused-ring (bicyclic) bond motifs is 3. The van der Waals surface area contributed by atoms with Crippen LogP contribution in [0.3, 0.4) is 0 Å². The van der Waals surface area contributed by atoms with Crippen LogP contribution < -0.4 is 10.6 Å². The van der Waals surface area contributed by atoms with Crippen molar-refractivity contribution in [3.63, 3.8) is 0 Å².